The van der Waals surface area contributed by atoms with Gasteiger partial charge in [0.15, 0.2) is 0 Å². The molecule has 1 amide bonds. The minimum Gasteiger partial charge on any atom is -0.399 e. The van der Waals surface area contributed by atoms with Gasteiger partial charge in [0, 0.05) is 17.3 Å². The van der Waals surface area contributed by atoms with Crippen molar-refractivity contribution in [2.75, 3.05) is 5.73 Å². The average molecular weight is 301 g/mol. The molecule has 3 nitrogen and oxygen atoms in total. The molecule has 0 saturated heterocycles. The Morgan fingerprint density at radius 2 is 1.81 bits per heavy atom. The summed E-state index contributed by atoms with van der Waals surface area (Å²) in [5.74, 6) is 0.0622. The Hall–Kier alpha value is -2.00. The number of nitrogen functional groups attached to an aromatic ring is 1. The SMILES string of the molecule is Nc1ccc(C2(C(=O)NCc3ccccc3Cl)CC2)cc1. The van der Waals surface area contributed by atoms with Crippen molar-refractivity contribution in [3.05, 3.63) is 64.7 Å². The fraction of sp³-hybridized carbons (Fsp3) is 0.235. The van der Waals surface area contributed by atoms with Gasteiger partial charge in [-0.15, -0.1) is 0 Å². The van der Waals surface area contributed by atoms with Gasteiger partial charge >= 0.3 is 0 Å². The van der Waals surface area contributed by atoms with Gasteiger partial charge in [-0.05, 0) is 42.2 Å². The van der Waals surface area contributed by atoms with Crippen LogP contribution in [0.1, 0.15) is 24.0 Å². The molecule has 1 aliphatic carbocycles. The zero-order valence-corrected chi connectivity index (χ0v) is 12.4. The van der Waals surface area contributed by atoms with E-state index in [1.165, 1.54) is 0 Å². The van der Waals surface area contributed by atoms with E-state index in [1.807, 2.05) is 48.5 Å². The van der Waals surface area contributed by atoms with E-state index in [0.717, 1.165) is 24.0 Å². The Bertz CT molecular complexity index is 663. The number of nitrogens with two attached hydrogens (primary N) is 1. The molecule has 0 atom stereocenters. The van der Waals surface area contributed by atoms with Gasteiger partial charge in [0.1, 0.15) is 0 Å². The molecule has 3 rings (SSSR count). The minimum atomic E-state index is -0.380. The molecule has 108 valence electrons. The second-order valence-electron chi connectivity index (χ2n) is 5.48. The molecule has 1 fully saturated rings. The minimum absolute atomic E-state index is 0.0622. The topological polar surface area (TPSA) is 55.1 Å². The largest absolute Gasteiger partial charge is 0.399 e. The quantitative estimate of drug-likeness (QED) is 0.852. The monoisotopic (exact) mass is 300 g/mol. The summed E-state index contributed by atoms with van der Waals surface area (Å²) in [4.78, 5) is 12.5. The zero-order chi connectivity index (χ0) is 14.9. The number of nitrogens with one attached hydrogen (secondary N) is 1. The summed E-state index contributed by atoms with van der Waals surface area (Å²) in [5, 5.41) is 3.68. The molecular weight excluding hydrogens is 284 g/mol. The number of halogens is 1. The van der Waals surface area contributed by atoms with Crippen LogP contribution < -0.4 is 11.1 Å². The maximum atomic E-state index is 12.5. The Morgan fingerprint density at radius 1 is 1.14 bits per heavy atom. The summed E-state index contributed by atoms with van der Waals surface area (Å²) in [6, 6.07) is 15.1. The van der Waals surface area contributed by atoms with Crippen molar-refractivity contribution in [3.63, 3.8) is 0 Å². The van der Waals surface area contributed by atoms with Crippen LogP contribution in [0.2, 0.25) is 5.02 Å². The molecule has 2 aromatic carbocycles. The standard InChI is InChI=1S/C17H17ClN2O/c18-15-4-2-1-3-12(15)11-20-16(21)17(9-10-17)13-5-7-14(19)8-6-13/h1-8H,9-11,19H2,(H,20,21). The third-order valence-electron chi connectivity index (χ3n) is 4.05. The van der Waals surface area contributed by atoms with Crippen molar-refractivity contribution in [3.8, 4) is 0 Å². The van der Waals surface area contributed by atoms with E-state index < -0.39 is 0 Å². The van der Waals surface area contributed by atoms with Gasteiger partial charge in [0.25, 0.3) is 0 Å². The van der Waals surface area contributed by atoms with Crippen molar-refractivity contribution in [1.82, 2.24) is 5.32 Å². The Morgan fingerprint density at radius 3 is 2.43 bits per heavy atom. The summed E-state index contributed by atoms with van der Waals surface area (Å²) >= 11 is 6.11. The van der Waals surface area contributed by atoms with Crippen LogP contribution in [0.3, 0.4) is 0 Å². The van der Waals surface area contributed by atoms with Gasteiger partial charge in [-0.2, -0.15) is 0 Å². The molecule has 4 heteroatoms. The molecule has 2 aromatic rings. The summed E-state index contributed by atoms with van der Waals surface area (Å²) in [7, 11) is 0. The normalized spacial score (nSPS) is 15.5. The molecule has 0 aromatic heterocycles. The van der Waals surface area contributed by atoms with E-state index in [4.69, 9.17) is 17.3 Å². The highest BCUT2D eigenvalue weighted by atomic mass is 35.5. The molecule has 0 bridgehead atoms. The van der Waals surface area contributed by atoms with E-state index in [9.17, 15) is 4.79 Å². The number of hydrogen-bond acceptors (Lipinski definition) is 2. The maximum Gasteiger partial charge on any atom is 0.230 e. The fourth-order valence-electron chi connectivity index (χ4n) is 2.56. The Balaban J connectivity index is 1.71. The van der Waals surface area contributed by atoms with Crippen LogP contribution in [-0.2, 0) is 16.8 Å². The second-order valence-corrected chi connectivity index (χ2v) is 5.89. The number of carbonyl (C=O) groups excluding carboxylic acids is 1. The lowest BCUT2D eigenvalue weighted by Gasteiger charge is -2.16. The van der Waals surface area contributed by atoms with Gasteiger partial charge in [-0.25, -0.2) is 0 Å². The van der Waals surface area contributed by atoms with Crippen LogP contribution in [0.15, 0.2) is 48.5 Å². The fourth-order valence-corrected chi connectivity index (χ4v) is 2.76. The first-order chi connectivity index (χ1) is 10.1. The first kappa shape index (κ1) is 14.0. The average Bonchev–Trinajstić information content (AvgIpc) is 3.28. The van der Waals surface area contributed by atoms with Crippen molar-refractivity contribution in [2.24, 2.45) is 0 Å². The highest BCUT2D eigenvalue weighted by Gasteiger charge is 2.51. The molecule has 1 saturated carbocycles. The summed E-state index contributed by atoms with van der Waals surface area (Å²) < 4.78 is 0. The van der Waals surface area contributed by atoms with Crippen LogP contribution >= 0.6 is 11.6 Å². The van der Waals surface area contributed by atoms with Crippen LogP contribution in [0.25, 0.3) is 0 Å². The van der Waals surface area contributed by atoms with Gasteiger partial charge in [-0.1, -0.05) is 41.9 Å². The lowest BCUT2D eigenvalue weighted by atomic mass is 9.94. The number of carbonyl (C=O) groups is 1. The number of anilines is 1. The lowest BCUT2D eigenvalue weighted by Crippen LogP contribution is -2.34. The van der Waals surface area contributed by atoms with Crippen LogP contribution in [0.4, 0.5) is 5.69 Å². The maximum absolute atomic E-state index is 12.5. The molecule has 21 heavy (non-hydrogen) atoms. The molecule has 0 heterocycles. The highest BCUT2D eigenvalue weighted by molar-refractivity contribution is 6.31. The predicted molar refractivity (Wildman–Crippen MR) is 85.1 cm³/mol. The first-order valence-electron chi connectivity index (χ1n) is 6.99. The molecule has 1 aliphatic rings. The van der Waals surface area contributed by atoms with Crippen LogP contribution in [0, 0.1) is 0 Å². The first-order valence-corrected chi connectivity index (χ1v) is 7.37. The molecular formula is C17H17ClN2O. The number of benzene rings is 2. The van der Waals surface area contributed by atoms with Crippen LogP contribution in [0.5, 0.6) is 0 Å². The highest BCUT2D eigenvalue weighted by Crippen LogP contribution is 2.48. The summed E-state index contributed by atoms with van der Waals surface area (Å²) in [5.41, 5.74) is 8.00. The zero-order valence-electron chi connectivity index (χ0n) is 11.6. The van der Waals surface area contributed by atoms with Crippen molar-refractivity contribution in [1.29, 1.82) is 0 Å². The van der Waals surface area contributed by atoms with Gasteiger partial charge < -0.3 is 11.1 Å². The Labute approximate surface area is 129 Å². The third-order valence-corrected chi connectivity index (χ3v) is 4.41. The smallest absolute Gasteiger partial charge is 0.230 e. The van der Waals surface area contributed by atoms with E-state index in [1.54, 1.807) is 0 Å². The number of amides is 1. The van der Waals surface area contributed by atoms with Crippen LogP contribution in [-0.4, -0.2) is 5.91 Å². The van der Waals surface area contributed by atoms with Gasteiger partial charge in [0.05, 0.1) is 5.41 Å². The molecule has 0 aliphatic heterocycles. The molecule has 0 radical (unpaired) electrons. The van der Waals surface area contributed by atoms with Gasteiger partial charge in [0.2, 0.25) is 5.91 Å². The van der Waals surface area contributed by atoms with E-state index in [-0.39, 0.29) is 11.3 Å². The summed E-state index contributed by atoms with van der Waals surface area (Å²) in [6.07, 6.45) is 1.76. The van der Waals surface area contributed by atoms with E-state index >= 15 is 0 Å². The van der Waals surface area contributed by atoms with E-state index in [2.05, 4.69) is 5.32 Å². The third kappa shape index (κ3) is 2.74. The number of rotatable bonds is 4. The van der Waals surface area contributed by atoms with Crippen molar-refractivity contribution in [2.45, 2.75) is 24.8 Å². The number of hydrogen-bond donors (Lipinski definition) is 2. The second kappa shape index (κ2) is 5.41. The summed E-state index contributed by atoms with van der Waals surface area (Å²) in [6.45, 7) is 0.454. The van der Waals surface area contributed by atoms with E-state index in [0.29, 0.717) is 17.3 Å². The molecule has 3 N–H and O–H groups in total. The van der Waals surface area contributed by atoms with Crippen molar-refractivity contribution < 1.29 is 4.79 Å². The predicted octanol–water partition coefficient (Wildman–Crippen LogP) is 3.27. The lowest BCUT2D eigenvalue weighted by molar-refractivity contribution is -0.123. The Kier molecular flexibility index (Phi) is 3.60. The van der Waals surface area contributed by atoms with Gasteiger partial charge in [-0.3, -0.25) is 4.79 Å². The molecule has 0 unspecified atom stereocenters. The van der Waals surface area contributed by atoms with Crippen molar-refractivity contribution >= 4 is 23.2 Å². The molecule has 0 spiro atoms.